The van der Waals surface area contributed by atoms with Crippen LogP contribution < -0.4 is 5.32 Å². The molecule has 4 aromatic rings. The van der Waals surface area contributed by atoms with Gasteiger partial charge in [0, 0.05) is 40.2 Å². The van der Waals surface area contributed by atoms with Gasteiger partial charge < -0.3 is 14.8 Å². The van der Waals surface area contributed by atoms with Gasteiger partial charge in [-0.15, -0.1) is 0 Å². The predicted molar refractivity (Wildman–Crippen MR) is 144 cm³/mol. The quantitative estimate of drug-likeness (QED) is 0.354. The Hall–Kier alpha value is -4.54. The summed E-state index contributed by atoms with van der Waals surface area (Å²) in [7, 11) is 0. The Bertz CT molecular complexity index is 1690. The van der Waals surface area contributed by atoms with E-state index in [1.54, 1.807) is 35.3 Å². The first kappa shape index (κ1) is 26.7. The number of fused-ring (bicyclic) bond motifs is 2. The zero-order valence-corrected chi connectivity index (χ0v) is 22.1. The van der Waals surface area contributed by atoms with Crippen LogP contribution in [0.2, 0.25) is 0 Å². The van der Waals surface area contributed by atoms with Crippen LogP contribution >= 0.6 is 0 Å². The number of carbonyl (C=O) groups is 3. The largest absolute Gasteiger partial charge is 0.347 e. The average Bonchev–Trinajstić information content (AvgIpc) is 3.67. The van der Waals surface area contributed by atoms with Gasteiger partial charge in [0.2, 0.25) is 11.8 Å². The van der Waals surface area contributed by atoms with E-state index in [0.717, 1.165) is 23.3 Å². The first-order valence-corrected chi connectivity index (χ1v) is 13.3. The summed E-state index contributed by atoms with van der Waals surface area (Å²) in [5, 5.41) is 11.0. The number of carbonyl (C=O) groups excluding carboxylic acids is 3. The molecule has 0 spiro atoms. The van der Waals surface area contributed by atoms with Crippen LogP contribution in [0, 0.1) is 11.6 Å². The summed E-state index contributed by atoms with van der Waals surface area (Å²) in [6.45, 7) is 0.952. The highest BCUT2D eigenvalue weighted by molar-refractivity contribution is 6.08. The molecule has 210 valence electrons. The predicted octanol–water partition coefficient (Wildman–Crippen LogP) is 4.32. The second-order valence-electron chi connectivity index (χ2n) is 10.5. The van der Waals surface area contributed by atoms with Crippen LogP contribution in [-0.2, 0) is 22.6 Å². The average molecular weight is 562 g/mol. The molecule has 1 aliphatic heterocycles. The molecule has 1 aliphatic carbocycles. The lowest BCUT2D eigenvalue weighted by Gasteiger charge is -2.26. The smallest absolute Gasteiger partial charge is 0.243 e. The normalized spacial score (nSPS) is 19.9. The number of aromatic nitrogens is 3. The van der Waals surface area contributed by atoms with Crippen molar-refractivity contribution in [1.29, 1.82) is 0 Å². The minimum Gasteiger partial charge on any atom is -0.347 e. The summed E-state index contributed by atoms with van der Waals surface area (Å²) in [5.41, 5.74) is 3.01. The van der Waals surface area contributed by atoms with E-state index in [1.165, 1.54) is 11.8 Å². The van der Waals surface area contributed by atoms with Crippen LogP contribution in [0.25, 0.3) is 22.0 Å². The van der Waals surface area contributed by atoms with Crippen molar-refractivity contribution in [2.24, 2.45) is 0 Å². The fourth-order valence-electron chi connectivity index (χ4n) is 5.98. The summed E-state index contributed by atoms with van der Waals surface area (Å²) >= 11 is 0. The first-order chi connectivity index (χ1) is 19.7. The number of nitrogens with one attached hydrogen (secondary N) is 1. The number of rotatable bonds is 6. The van der Waals surface area contributed by atoms with E-state index in [2.05, 4.69) is 15.5 Å². The Labute approximate surface area is 233 Å². The molecule has 1 unspecified atom stereocenters. The van der Waals surface area contributed by atoms with E-state index in [9.17, 15) is 27.6 Å². The number of amides is 2. The summed E-state index contributed by atoms with van der Waals surface area (Å²) in [5.74, 6) is -2.45. The van der Waals surface area contributed by atoms with E-state index in [1.807, 2.05) is 12.1 Å². The topological polar surface area (TPSA) is 97.2 Å². The lowest BCUT2D eigenvalue weighted by Crippen LogP contribution is -2.47. The number of nitrogens with zero attached hydrogens (tertiary/aromatic N) is 4. The molecule has 41 heavy (non-hydrogen) atoms. The van der Waals surface area contributed by atoms with Crippen LogP contribution in [0.1, 0.15) is 47.3 Å². The Balaban J connectivity index is 1.24. The summed E-state index contributed by atoms with van der Waals surface area (Å²) in [4.78, 5) is 40.4. The van der Waals surface area contributed by atoms with Gasteiger partial charge in [-0.2, -0.15) is 10.2 Å². The SMILES string of the molecule is CC(=O)c1cn(CC(=O)N2C[C@H](F)C[C@H]2C(=O)NC2CCc3c(F)ccc(F)c32)c2ccc(-c3ccnnc3)cc12. The van der Waals surface area contributed by atoms with Gasteiger partial charge in [0.25, 0.3) is 0 Å². The monoisotopic (exact) mass is 561 g/mol. The molecule has 2 aliphatic rings. The van der Waals surface area contributed by atoms with Crippen molar-refractivity contribution >= 4 is 28.5 Å². The molecule has 0 bridgehead atoms. The van der Waals surface area contributed by atoms with Gasteiger partial charge in [-0.05, 0) is 61.2 Å². The van der Waals surface area contributed by atoms with E-state index in [4.69, 9.17) is 0 Å². The highest BCUT2D eigenvalue weighted by Crippen LogP contribution is 2.35. The number of hydrogen-bond acceptors (Lipinski definition) is 5. The van der Waals surface area contributed by atoms with Crippen molar-refractivity contribution in [3.63, 3.8) is 0 Å². The molecule has 0 radical (unpaired) electrons. The molecule has 1 N–H and O–H groups in total. The highest BCUT2D eigenvalue weighted by Gasteiger charge is 2.41. The van der Waals surface area contributed by atoms with Crippen molar-refractivity contribution in [2.45, 2.75) is 51.0 Å². The van der Waals surface area contributed by atoms with Crippen LogP contribution in [0.3, 0.4) is 0 Å². The molecule has 3 atom stereocenters. The third-order valence-electron chi connectivity index (χ3n) is 7.95. The third-order valence-corrected chi connectivity index (χ3v) is 7.95. The maximum Gasteiger partial charge on any atom is 0.243 e. The zero-order valence-electron chi connectivity index (χ0n) is 22.1. The van der Waals surface area contributed by atoms with E-state index >= 15 is 0 Å². The molecule has 1 fully saturated rings. The molecule has 0 saturated carbocycles. The van der Waals surface area contributed by atoms with Crippen LogP contribution in [0.4, 0.5) is 13.2 Å². The first-order valence-electron chi connectivity index (χ1n) is 13.3. The maximum absolute atomic E-state index is 14.6. The number of benzene rings is 2. The number of Topliss-reactive ketones (excluding diaryl/α,β-unsaturated/α-hetero) is 1. The van der Waals surface area contributed by atoms with Gasteiger partial charge in [0.05, 0.1) is 25.0 Å². The Kier molecular flexibility index (Phi) is 6.80. The highest BCUT2D eigenvalue weighted by atomic mass is 19.1. The maximum atomic E-state index is 14.6. The summed E-state index contributed by atoms with van der Waals surface area (Å²) in [6.07, 6.45) is 3.72. The molecular weight excluding hydrogens is 535 g/mol. The molecule has 1 saturated heterocycles. The molecule has 3 heterocycles. The van der Waals surface area contributed by atoms with Gasteiger partial charge in [-0.25, -0.2) is 13.2 Å². The van der Waals surface area contributed by atoms with Gasteiger partial charge in [-0.1, -0.05) is 6.07 Å². The number of alkyl halides is 1. The number of likely N-dealkylation sites (tertiary alicyclic amines) is 1. The minimum atomic E-state index is -1.41. The Morgan fingerprint density at radius 2 is 1.85 bits per heavy atom. The molecule has 2 aromatic carbocycles. The van der Waals surface area contributed by atoms with Crippen LogP contribution in [0.15, 0.2) is 55.0 Å². The van der Waals surface area contributed by atoms with Crippen LogP contribution in [0.5, 0.6) is 0 Å². The van der Waals surface area contributed by atoms with Gasteiger partial charge in [0.1, 0.15) is 30.4 Å². The molecule has 11 heteroatoms. The van der Waals surface area contributed by atoms with Gasteiger partial charge in [0.15, 0.2) is 5.78 Å². The van der Waals surface area contributed by atoms with Crippen LogP contribution in [-0.4, -0.2) is 56.0 Å². The molecular formula is C30H26F3N5O3. The van der Waals surface area contributed by atoms with Crippen molar-refractivity contribution in [1.82, 2.24) is 25.0 Å². The molecule has 8 nitrogen and oxygen atoms in total. The fraction of sp³-hybridized carbons (Fsp3) is 0.300. The van der Waals surface area contributed by atoms with Crippen molar-refractivity contribution in [3.8, 4) is 11.1 Å². The van der Waals surface area contributed by atoms with E-state index in [-0.39, 0.29) is 42.8 Å². The second-order valence-corrected chi connectivity index (χ2v) is 10.5. The lowest BCUT2D eigenvalue weighted by molar-refractivity contribution is -0.139. The van der Waals surface area contributed by atoms with Crippen molar-refractivity contribution < 1.29 is 27.6 Å². The summed E-state index contributed by atoms with van der Waals surface area (Å²) in [6, 6.07) is 7.49. The Morgan fingerprint density at radius 1 is 1.05 bits per heavy atom. The van der Waals surface area contributed by atoms with Gasteiger partial charge in [-0.3, -0.25) is 14.4 Å². The summed E-state index contributed by atoms with van der Waals surface area (Å²) < 4.78 is 44.9. The zero-order chi connectivity index (χ0) is 28.8. The third kappa shape index (κ3) is 4.85. The fourth-order valence-corrected chi connectivity index (χ4v) is 5.98. The van der Waals surface area contributed by atoms with E-state index in [0.29, 0.717) is 22.9 Å². The van der Waals surface area contributed by atoms with Crippen molar-refractivity contribution in [3.05, 3.63) is 83.3 Å². The number of hydrogen-bond donors (Lipinski definition) is 1. The van der Waals surface area contributed by atoms with E-state index < -0.39 is 41.7 Å². The molecule has 2 aromatic heterocycles. The molecule has 6 rings (SSSR count). The van der Waals surface area contributed by atoms with Gasteiger partial charge >= 0.3 is 0 Å². The Morgan fingerprint density at radius 3 is 2.61 bits per heavy atom. The standard InChI is InChI=1S/C30H26F3N5O3/c1-16(39)22-14-37(26-7-2-17(10-21(22)26)18-8-9-34-35-12-18)15-28(40)38-13-19(31)11-27(38)30(41)36-25-6-3-20-23(32)4-5-24(33)29(20)25/h2,4-5,7-10,12,14,19,25,27H,3,6,11,13,15H2,1H3,(H,36,41)/t19-,25?,27+/m1/s1. The molecule has 2 amide bonds. The lowest BCUT2D eigenvalue weighted by atomic mass is 10.0. The van der Waals surface area contributed by atoms with Crippen molar-refractivity contribution in [2.75, 3.05) is 6.54 Å². The second kappa shape index (κ2) is 10.5. The number of halogens is 3. The minimum absolute atomic E-state index is 0.100. The number of ketones is 1.